The third kappa shape index (κ3) is 5.74. The predicted octanol–water partition coefficient (Wildman–Crippen LogP) is 5.39. The van der Waals surface area contributed by atoms with Gasteiger partial charge in [0.05, 0.1) is 12.0 Å². The fraction of sp³-hybridized carbons (Fsp3) is 0.0833. The van der Waals surface area contributed by atoms with Gasteiger partial charge in [-0.3, -0.25) is 9.36 Å². The van der Waals surface area contributed by atoms with Gasteiger partial charge in [0, 0.05) is 21.3 Å². The summed E-state index contributed by atoms with van der Waals surface area (Å²) in [6.07, 6.45) is 1.27. The smallest absolute Gasteiger partial charge is 0.250 e. The molecule has 0 atom stereocenters. The molecule has 166 valence electrons. The quantitative estimate of drug-likeness (QED) is 0.200. The largest absolute Gasteiger partial charge is 0.272 e. The van der Waals surface area contributed by atoms with Crippen molar-refractivity contribution in [1.82, 2.24) is 20.2 Å². The van der Waals surface area contributed by atoms with E-state index in [0.29, 0.717) is 11.0 Å². The van der Waals surface area contributed by atoms with Crippen LogP contribution in [-0.2, 0) is 4.79 Å². The summed E-state index contributed by atoms with van der Waals surface area (Å²) in [5.74, 6) is -0.0148. The van der Waals surface area contributed by atoms with Gasteiger partial charge in [0.15, 0.2) is 11.0 Å². The normalized spacial score (nSPS) is 11.1. The Labute approximate surface area is 203 Å². The van der Waals surface area contributed by atoms with Crippen LogP contribution < -0.4 is 5.43 Å². The van der Waals surface area contributed by atoms with E-state index in [4.69, 9.17) is 0 Å². The van der Waals surface area contributed by atoms with Gasteiger partial charge >= 0.3 is 0 Å². The second-order valence-corrected chi connectivity index (χ2v) is 8.95. The van der Waals surface area contributed by atoms with Crippen LogP contribution in [0.5, 0.6) is 0 Å². The van der Waals surface area contributed by atoms with E-state index in [1.165, 1.54) is 24.0 Å². The third-order valence-electron chi connectivity index (χ3n) is 4.64. The zero-order chi connectivity index (χ0) is 23.2. The number of rotatable bonds is 7. The topological polar surface area (TPSA) is 72.2 Å². The van der Waals surface area contributed by atoms with Gasteiger partial charge in [0.25, 0.3) is 5.91 Å². The Morgan fingerprint density at radius 2 is 1.88 bits per heavy atom. The van der Waals surface area contributed by atoms with Crippen molar-refractivity contribution in [3.63, 3.8) is 0 Å². The number of aryl methyl sites for hydroxylation is 1. The molecule has 0 spiro atoms. The van der Waals surface area contributed by atoms with E-state index < -0.39 is 5.82 Å². The van der Waals surface area contributed by atoms with Crippen LogP contribution in [-0.4, -0.2) is 32.6 Å². The van der Waals surface area contributed by atoms with Crippen LogP contribution in [0.1, 0.15) is 11.1 Å². The molecule has 0 saturated carbocycles. The maximum atomic E-state index is 13.8. The minimum atomic E-state index is -0.426. The molecule has 0 unspecified atom stereocenters. The minimum absolute atomic E-state index is 0.0666. The van der Waals surface area contributed by atoms with Crippen molar-refractivity contribution in [1.29, 1.82) is 0 Å². The van der Waals surface area contributed by atoms with Crippen molar-refractivity contribution in [3.05, 3.63) is 94.2 Å². The summed E-state index contributed by atoms with van der Waals surface area (Å²) in [5.41, 5.74) is 5.65. The number of hydrazone groups is 1. The molecule has 1 aromatic heterocycles. The van der Waals surface area contributed by atoms with E-state index in [2.05, 4.69) is 36.7 Å². The van der Waals surface area contributed by atoms with Gasteiger partial charge in [0.2, 0.25) is 0 Å². The lowest BCUT2D eigenvalue weighted by molar-refractivity contribution is -0.118. The molecule has 1 N–H and O–H groups in total. The molecule has 0 bridgehead atoms. The van der Waals surface area contributed by atoms with E-state index >= 15 is 0 Å². The fourth-order valence-corrected chi connectivity index (χ4v) is 4.14. The number of thioether (sulfide) groups is 1. The monoisotopic (exact) mass is 523 g/mol. The number of nitrogens with one attached hydrogen (secondary N) is 1. The number of carbonyl (C=O) groups is 1. The van der Waals surface area contributed by atoms with Crippen LogP contribution in [0.15, 0.2) is 87.5 Å². The Hall–Kier alpha value is -3.30. The molecule has 0 aliphatic rings. The second kappa shape index (κ2) is 10.5. The van der Waals surface area contributed by atoms with Crippen molar-refractivity contribution in [2.75, 3.05) is 5.75 Å². The summed E-state index contributed by atoms with van der Waals surface area (Å²) in [4.78, 5) is 12.3. The third-order valence-corrected chi connectivity index (χ3v) is 6.06. The highest BCUT2D eigenvalue weighted by molar-refractivity contribution is 9.10. The highest BCUT2D eigenvalue weighted by Gasteiger charge is 2.17. The molecule has 0 aliphatic carbocycles. The van der Waals surface area contributed by atoms with Crippen LogP contribution >= 0.6 is 27.7 Å². The zero-order valence-corrected chi connectivity index (χ0v) is 20.0. The SMILES string of the molecule is Cc1ccc(-n2c(SCC(=O)N/N=C/c3cc(Br)ccc3F)nnc2-c2ccccc2)cc1. The van der Waals surface area contributed by atoms with Crippen LogP contribution in [0.3, 0.4) is 0 Å². The first-order valence-electron chi connectivity index (χ1n) is 9.99. The molecule has 0 fully saturated rings. The van der Waals surface area contributed by atoms with E-state index in [0.717, 1.165) is 21.3 Å². The van der Waals surface area contributed by atoms with Crippen LogP contribution in [0.4, 0.5) is 4.39 Å². The maximum Gasteiger partial charge on any atom is 0.250 e. The highest BCUT2D eigenvalue weighted by Crippen LogP contribution is 2.28. The summed E-state index contributed by atoms with van der Waals surface area (Å²) in [7, 11) is 0. The van der Waals surface area contributed by atoms with E-state index in [-0.39, 0.29) is 17.2 Å². The second-order valence-electron chi connectivity index (χ2n) is 7.09. The molecule has 4 rings (SSSR count). The minimum Gasteiger partial charge on any atom is -0.272 e. The first kappa shape index (κ1) is 22.9. The summed E-state index contributed by atoms with van der Waals surface area (Å²) < 4.78 is 16.4. The lowest BCUT2D eigenvalue weighted by atomic mass is 10.2. The summed E-state index contributed by atoms with van der Waals surface area (Å²) in [6.45, 7) is 2.02. The zero-order valence-electron chi connectivity index (χ0n) is 17.6. The molecule has 9 heteroatoms. The van der Waals surface area contributed by atoms with Gasteiger partial charge in [-0.25, -0.2) is 9.82 Å². The number of halogens is 2. The predicted molar refractivity (Wildman–Crippen MR) is 132 cm³/mol. The Morgan fingerprint density at radius 3 is 2.64 bits per heavy atom. The number of nitrogens with zero attached hydrogens (tertiary/aromatic N) is 4. The lowest BCUT2D eigenvalue weighted by Crippen LogP contribution is -2.20. The first-order chi connectivity index (χ1) is 16.0. The van der Waals surface area contributed by atoms with Gasteiger partial charge in [-0.05, 0) is 37.3 Å². The summed E-state index contributed by atoms with van der Waals surface area (Å²) >= 11 is 4.53. The molecule has 33 heavy (non-hydrogen) atoms. The number of benzene rings is 3. The molecule has 1 heterocycles. The summed E-state index contributed by atoms with van der Waals surface area (Å²) in [6, 6.07) is 22.3. The highest BCUT2D eigenvalue weighted by atomic mass is 79.9. The van der Waals surface area contributed by atoms with Crippen molar-refractivity contribution in [2.24, 2.45) is 5.10 Å². The van der Waals surface area contributed by atoms with Crippen LogP contribution in [0.2, 0.25) is 0 Å². The van der Waals surface area contributed by atoms with Crippen LogP contribution in [0.25, 0.3) is 17.1 Å². The number of hydrogen-bond acceptors (Lipinski definition) is 5. The molecule has 0 aliphatic heterocycles. The maximum absolute atomic E-state index is 13.8. The molecular weight excluding hydrogens is 505 g/mol. The number of hydrogen-bond donors (Lipinski definition) is 1. The van der Waals surface area contributed by atoms with E-state index in [1.54, 1.807) is 12.1 Å². The molecule has 6 nitrogen and oxygen atoms in total. The van der Waals surface area contributed by atoms with Gasteiger partial charge in [0.1, 0.15) is 5.82 Å². The van der Waals surface area contributed by atoms with E-state index in [1.807, 2.05) is 66.1 Å². The van der Waals surface area contributed by atoms with Crippen LogP contribution in [0, 0.1) is 12.7 Å². The van der Waals surface area contributed by atoms with Crippen molar-refractivity contribution in [3.8, 4) is 17.1 Å². The Kier molecular flexibility index (Phi) is 7.31. The van der Waals surface area contributed by atoms with Crippen molar-refractivity contribution < 1.29 is 9.18 Å². The molecular formula is C24H19BrFN5OS. The standard InChI is InChI=1S/C24H19BrFN5OS/c1-16-7-10-20(11-8-16)31-23(17-5-3-2-4-6-17)29-30-24(31)33-15-22(32)28-27-14-18-13-19(25)9-12-21(18)26/h2-14H,15H2,1H3,(H,28,32)/b27-14+. The van der Waals surface area contributed by atoms with Gasteiger partial charge < -0.3 is 0 Å². The van der Waals surface area contributed by atoms with Gasteiger partial charge in [-0.1, -0.05) is 75.7 Å². The number of amides is 1. The van der Waals surface area contributed by atoms with Crippen molar-refractivity contribution in [2.45, 2.75) is 12.1 Å². The molecule has 0 saturated heterocycles. The molecule has 4 aromatic rings. The Bertz CT molecular complexity index is 1290. The Morgan fingerprint density at radius 1 is 1.12 bits per heavy atom. The fourth-order valence-electron chi connectivity index (χ4n) is 3.01. The number of carbonyl (C=O) groups excluding carboxylic acids is 1. The lowest BCUT2D eigenvalue weighted by Gasteiger charge is -2.10. The van der Waals surface area contributed by atoms with Crippen molar-refractivity contribution >= 4 is 39.8 Å². The number of aromatic nitrogens is 3. The summed E-state index contributed by atoms with van der Waals surface area (Å²) in [5, 5.41) is 13.1. The molecule has 1 amide bonds. The first-order valence-corrected chi connectivity index (χ1v) is 11.8. The van der Waals surface area contributed by atoms with E-state index in [9.17, 15) is 9.18 Å². The van der Waals surface area contributed by atoms with Gasteiger partial charge in [-0.2, -0.15) is 5.10 Å². The average Bonchev–Trinajstić information content (AvgIpc) is 3.25. The average molecular weight is 524 g/mol. The molecule has 0 radical (unpaired) electrons. The Balaban J connectivity index is 1.50. The van der Waals surface area contributed by atoms with Gasteiger partial charge in [-0.15, -0.1) is 10.2 Å². The molecule has 3 aromatic carbocycles.